The van der Waals surface area contributed by atoms with E-state index in [0.29, 0.717) is 38.3 Å². The minimum atomic E-state index is -3.72. The topological polar surface area (TPSA) is 108 Å². The summed E-state index contributed by atoms with van der Waals surface area (Å²) >= 11 is 0. The highest BCUT2D eigenvalue weighted by Crippen LogP contribution is 2.18. The number of nitrogens with one attached hydrogen (secondary N) is 2. The van der Waals surface area contributed by atoms with Gasteiger partial charge in [-0.3, -0.25) is 14.5 Å². The van der Waals surface area contributed by atoms with Gasteiger partial charge in [0.05, 0.1) is 18.0 Å². The predicted octanol–water partition coefficient (Wildman–Crippen LogP) is 0.202. The molecule has 9 nitrogen and oxygen atoms in total. The van der Waals surface area contributed by atoms with E-state index in [1.807, 2.05) is 18.7 Å². The fraction of sp³-hybridized carbons (Fsp3) is 0.600. The van der Waals surface area contributed by atoms with Gasteiger partial charge in [0, 0.05) is 51.4 Å². The Kier molecular flexibility index (Phi) is 8.78. The molecule has 2 amide bonds. The molecule has 168 valence electrons. The second-order valence-electron chi connectivity index (χ2n) is 7.66. The number of rotatable bonds is 9. The van der Waals surface area contributed by atoms with Gasteiger partial charge in [-0.15, -0.1) is 0 Å². The van der Waals surface area contributed by atoms with Crippen LogP contribution in [0.15, 0.2) is 23.1 Å². The molecule has 10 heteroatoms. The zero-order valence-electron chi connectivity index (χ0n) is 18.1. The number of carbonyl (C=O) groups is 2. The Bertz CT molecular complexity index is 849. The summed E-state index contributed by atoms with van der Waals surface area (Å²) in [5, 5.41) is 2.86. The Morgan fingerprint density at radius 2 is 1.83 bits per heavy atom. The minimum absolute atomic E-state index is 0.0282. The number of amides is 2. The van der Waals surface area contributed by atoms with Gasteiger partial charge in [0.15, 0.2) is 0 Å². The van der Waals surface area contributed by atoms with Crippen LogP contribution in [0.1, 0.15) is 29.8 Å². The molecule has 0 radical (unpaired) electrons. The van der Waals surface area contributed by atoms with Crippen molar-refractivity contribution in [2.24, 2.45) is 0 Å². The molecule has 0 bridgehead atoms. The molecule has 0 aromatic heterocycles. The molecular formula is C20H32N4O5S. The molecule has 1 aromatic rings. The first-order valence-electron chi connectivity index (χ1n) is 10.0. The first-order chi connectivity index (χ1) is 14.1. The number of sulfonamides is 1. The van der Waals surface area contributed by atoms with E-state index in [1.54, 1.807) is 17.9 Å². The molecule has 0 atom stereocenters. The number of carbonyl (C=O) groups excluding carboxylic acids is 2. The summed E-state index contributed by atoms with van der Waals surface area (Å²) in [6.07, 6.45) is 0. The molecule has 0 aliphatic carbocycles. The van der Waals surface area contributed by atoms with E-state index in [9.17, 15) is 18.0 Å². The van der Waals surface area contributed by atoms with Crippen LogP contribution >= 0.6 is 0 Å². The number of methoxy groups -OCH3 is 1. The predicted molar refractivity (Wildman–Crippen MR) is 114 cm³/mol. The Labute approximate surface area is 178 Å². The zero-order chi connectivity index (χ0) is 22.3. The lowest BCUT2D eigenvalue weighted by Gasteiger charge is -2.34. The average Bonchev–Trinajstić information content (AvgIpc) is 2.67. The van der Waals surface area contributed by atoms with Crippen LogP contribution in [0.25, 0.3) is 0 Å². The Morgan fingerprint density at radius 1 is 1.17 bits per heavy atom. The second-order valence-corrected chi connectivity index (χ2v) is 9.42. The van der Waals surface area contributed by atoms with E-state index in [-0.39, 0.29) is 35.9 Å². The van der Waals surface area contributed by atoms with Gasteiger partial charge in [-0.1, -0.05) is 6.07 Å². The molecule has 2 N–H and O–H groups in total. The molecule has 0 spiro atoms. The van der Waals surface area contributed by atoms with Gasteiger partial charge < -0.3 is 15.0 Å². The fourth-order valence-corrected chi connectivity index (χ4v) is 4.25. The van der Waals surface area contributed by atoms with E-state index >= 15 is 0 Å². The quantitative estimate of drug-likeness (QED) is 0.531. The van der Waals surface area contributed by atoms with Gasteiger partial charge in [0.25, 0.3) is 5.91 Å². The molecular weight excluding hydrogens is 408 g/mol. The van der Waals surface area contributed by atoms with Gasteiger partial charge in [0.2, 0.25) is 15.9 Å². The van der Waals surface area contributed by atoms with Crippen LogP contribution in [0.4, 0.5) is 0 Å². The summed E-state index contributed by atoms with van der Waals surface area (Å²) in [7, 11) is -2.23. The first-order valence-corrected chi connectivity index (χ1v) is 11.5. The third-order valence-corrected chi connectivity index (χ3v) is 6.28. The summed E-state index contributed by atoms with van der Waals surface area (Å²) in [5.74, 6) is -0.229. The van der Waals surface area contributed by atoms with Crippen molar-refractivity contribution in [3.05, 3.63) is 29.3 Å². The lowest BCUT2D eigenvalue weighted by molar-refractivity contribution is -0.123. The average molecular weight is 441 g/mol. The Hall–Kier alpha value is -2.01. The molecule has 0 saturated carbocycles. The zero-order valence-corrected chi connectivity index (χ0v) is 18.9. The second kappa shape index (κ2) is 10.9. The number of nitrogens with zero attached hydrogens (tertiary/aromatic N) is 2. The molecule has 1 heterocycles. The van der Waals surface area contributed by atoms with Crippen molar-refractivity contribution >= 4 is 21.8 Å². The largest absolute Gasteiger partial charge is 0.383 e. The van der Waals surface area contributed by atoms with Crippen LogP contribution in [0.2, 0.25) is 0 Å². The van der Waals surface area contributed by atoms with Crippen molar-refractivity contribution in [2.45, 2.75) is 31.7 Å². The molecule has 1 saturated heterocycles. The third kappa shape index (κ3) is 6.76. The van der Waals surface area contributed by atoms with Crippen molar-refractivity contribution in [1.29, 1.82) is 0 Å². The lowest BCUT2D eigenvalue weighted by atomic mass is 10.1. The van der Waals surface area contributed by atoms with Crippen LogP contribution in [0, 0.1) is 6.92 Å². The number of aryl methyl sites for hydroxylation is 1. The number of ether oxygens (including phenoxy) is 1. The summed E-state index contributed by atoms with van der Waals surface area (Å²) in [4.78, 5) is 28.7. The van der Waals surface area contributed by atoms with E-state index in [1.165, 1.54) is 19.2 Å². The smallest absolute Gasteiger partial charge is 0.254 e. The van der Waals surface area contributed by atoms with Gasteiger partial charge in [-0.2, -0.15) is 0 Å². The van der Waals surface area contributed by atoms with Crippen molar-refractivity contribution in [3.8, 4) is 0 Å². The third-order valence-electron chi connectivity index (χ3n) is 4.82. The van der Waals surface area contributed by atoms with Crippen molar-refractivity contribution in [1.82, 2.24) is 19.8 Å². The van der Waals surface area contributed by atoms with Crippen LogP contribution in [-0.4, -0.2) is 89.1 Å². The molecule has 1 aliphatic heterocycles. The molecule has 1 aromatic carbocycles. The normalized spacial score (nSPS) is 15.4. The number of hydrogen-bond donors (Lipinski definition) is 2. The van der Waals surface area contributed by atoms with Crippen molar-refractivity contribution < 1.29 is 22.7 Å². The van der Waals surface area contributed by atoms with E-state index in [0.717, 1.165) is 5.56 Å². The number of benzene rings is 1. The van der Waals surface area contributed by atoms with Gasteiger partial charge >= 0.3 is 0 Å². The highest BCUT2D eigenvalue weighted by atomic mass is 32.2. The summed E-state index contributed by atoms with van der Waals surface area (Å²) in [6, 6.07) is 4.66. The lowest BCUT2D eigenvalue weighted by Crippen LogP contribution is -2.51. The van der Waals surface area contributed by atoms with E-state index < -0.39 is 10.0 Å². The van der Waals surface area contributed by atoms with Crippen LogP contribution in [0.3, 0.4) is 0 Å². The highest BCUT2D eigenvalue weighted by molar-refractivity contribution is 7.89. The maximum absolute atomic E-state index is 13.0. The fourth-order valence-electron chi connectivity index (χ4n) is 3.21. The maximum atomic E-state index is 13.0. The van der Waals surface area contributed by atoms with Crippen LogP contribution < -0.4 is 10.0 Å². The van der Waals surface area contributed by atoms with Crippen LogP contribution in [0.5, 0.6) is 0 Å². The van der Waals surface area contributed by atoms with E-state index in [2.05, 4.69) is 10.0 Å². The Morgan fingerprint density at radius 3 is 2.43 bits per heavy atom. The Balaban J connectivity index is 2.03. The standard InChI is InChI=1S/C20H32N4O5S/c1-15(2)22-19(25)14-23-8-10-24(11-9-23)20(26)18-13-17(6-5-16(18)3)30(27,28)21-7-12-29-4/h5-6,13,15,21H,7-12,14H2,1-4H3,(H,22,25). The molecule has 1 aliphatic rings. The maximum Gasteiger partial charge on any atom is 0.254 e. The van der Waals surface area contributed by atoms with Crippen molar-refractivity contribution in [2.75, 3.05) is 53.0 Å². The molecule has 0 unspecified atom stereocenters. The molecule has 1 fully saturated rings. The number of piperazine rings is 1. The summed E-state index contributed by atoms with van der Waals surface area (Å²) in [6.45, 7) is 8.48. The monoisotopic (exact) mass is 440 g/mol. The van der Waals surface area contributed by atoms with Crippen molar-refractivity contribution in [3.63, 3.8) is 0 Å². The number of hydrogen-bond acceptors (Lipinski definition) is 6. The molecule has 2 rings (SSSR count). The minimum Gasteiger partial charge on any atom is -0.383 e. The highest BCUT2D eigenvalue weighted by Gasteiger charge is 2.25. The first kappa shape index (κ1) is 24.3. The molecule has 30 heavy (non-hydrogen) atoms. The van der Waals surface area contributed by atoms with Gasteiger partial charge in [-0.05, 0) is 38.5 Å². The summed E-state index contributed by atoms with van der Waals surface area (Å²) in [5.41, 5.74) is 1.09. The van der Waals surface area contributed by atoms with Gasteiger partial charge in [-0.25, -0.2) is 13.1 Å². The summed E-state index contributed by atoms with van der Waals surface area (Å²) < 4.78 is 32.2. The van der Waals surface area contributed by atoms with Crippen LogP contribution in [-0.2, 0) is 19.6 Å². The SMILES string of the molecule is COCCNS(=O)(=O)c1ccc(C)c(C(=O)N2CCN(CC(=O)NC(C)C)CC2)c1. The van der Waals surface area contributed by atoms with Gasteiger partial charge in [0.1, 0.15) is 0 Å². The van der Waals surface area contributed by atoms with E-state index in [4.69, 9.17) is 4.74 Å².